The molecule has 0 aliphatic carbocycles. The Morgan fingerprint density at radius 1 is 1.11 bits per heavy atom. The molecule has 0 saturated carbocycles. The number of rotatable bonds is 7. The van der Waals surface area contributed by atoms with Crippen molar-refractivity contribution in [1.82, 2.24) is 5.32 Å². The Balaban J connectivity index is 1.52. The van der Waals surface area contributed by atoms with E-state index in [4.69, 9.17) is 4.74 Å². The molecule has 0 atom stereocenters. The molecular formula is C16H25NO2. The second-order valence-electron chi connectivity index (χ2n) is 5.46. The molecule has 1 saturated heterocycles. The van der Waals surface area contributed by atoms with Gasteiger partial charge >= 0.3 is 0 Å². The van der Waals surface area contributed by atoms with Crippen LogP contribution < -0.4 is 5.32 Å². The maximum Gasteiger partial charge on any atom is 0.0815 e. The third-order valence-corrected chi connectivity index (χ3v) is 3.79. The summed E-state index contributed by atoms with van der Waals surface area (Å²) in [7, 11) is 0. The van der Waals surface area contributed by atoms with Crippen molar-refractivity contribution in [3.63, 3.8) is 0 Å². The molecule has 1 aliphatic heterocycles. The first-order valence-electron chi connectivity index (χ1n) is 7.33. The molecule has 3 heteroatoms. The minimum Gasteiger partial charge on any atom is -0.388 e. The Bertz CT molecular complexity index is 347. The van der Waals surface area contributed by atoms with Gasteiger partial charge in [0, 0.05) is 32.6 Å². The zero-order valence-corrected chi connectivity index (χ0v) is 11.6. The molecule has 19 heavy (non-hydrogen) atoms. The average Bonchev–Trinajstić information content (AvgIpc) is 2.44. The fourth-order valence-corrected chi connectivity index (χ4v) is 2.47. The molecule has 1 aromatic carbocycles. The van der Waals surface area contributed by atoms with Gasteiger partial charge in [-0.2, -0.15) is 0 Å². The molecule has 0 radical (unpaired) electrons. The summed E-state index contributed by atoms with van der Waals surface area (Å²) in [6, 6.07) is 10.6. The van der Waals surface area contributed by atoms with Crippen molar-refractivity contribution >= 4 is 0 Å². The predicted octanol–water partition coefficient (Wildman–Crippen LogP) is 2.14. The molecule has 0 spiro atoms. The Morgan fingerprint density at radius 2 is 1.84 bits per heavy atom. The quantitative estimate of drug-likeness (QED) is 0.741. The number of nitrogens with one attached hydrogen (secondary N) is 1. The molecule has 2 N–H and O–H groups in total. The number of unbranched alkanes of at least 4 members (excludes halogenated alkanes) is 1. The van der Waals surface area contributed by atoms with E-state index in [1.165, 1.54) is 12.0 Å². The average molecular weight is 263 g/mol. The van der Waals surface area contributed by atoms with E-state index in [0.29, 0.717) is 19.8 Å². The van der Waals surface area contributed by atoms with E-state index in [9.17, 15) is 5.11 Å². The molecule has 0 amide bonds. The molecule has 106 valence electrons. The van der Waals surface area contributed by atoms with E-state index in [0.717, 1.165) is 32.2 Å². The molecule has 1 aliphatic rings. The summed E-state index contributed by atoms with van der Waals surface area (Å²) in [6.45, 7) is 3.05. The van der Waals surface area contributed by atoms with Crippen LogP contribution in [0.25, 0.3) is 0 Å². The third kappa shape index (κ3) is 5.31. The van der Waals surface area contributed by atoms with E-state index in [1.807, 2.05) is 0 Å². The number of aliphatic hydroxyl groups is 1. The zero-order valence-electron chi connectivity index (χ0n) is 11.6. The fourth-order valence-electron chi connectivity index (χ4n) is 2.47. The molecule has 1 heterocycles. The molecule has 0 unspecified atom stereocenters. The standard InChI is InChI=1S/C16H25NO2/c18-16(9-12-19-13-10-16)14-17-11-5-4-8-15-6-2-1-3-7-15/h1-3,6-7,17-18H,4-5,8-14H2. The number of benzene rings is 1. The van der Waals surface area contributed by atoms with Crippen molar-refractivity contribution in [3.05, 3.63) is 35.9 Å². The van der Waals surface area contributed by atoms with E-state index in [2.05, 4.69) is 35.6 Å². The van der Waals surface area contributed by atoms with Gasteiger partial charge in [0.25, 0.3) is 0 Å². The smallest absolute Gasteiger partial charge is 0.0815 e. The third-order valence-electron chi connectivity index (χ3n) is 3.79. The van der Waals surface area contributed by atoms with Crippen LogP contribution in [-0.2, 0) is 11.2 Å². The lowest BCUT2D eigenvalue weighted by Gasteiger charge is -2.32. The van der Waals surface area contributed by atoms with Crippen molar-refractivity contribution in [1.29, 1.82) is 0 Å². The van der Waals surface area contributed by atoms with Gasteiger partial charge in [-0.1, -0.05) is 30.3 Å². The largest absolute Gasteiger partial charge is 0.388 e. The maximum atomic E-state index is 10.3. The van der Waals surface area contributed by atoms with Gasteiger partial charge in [0.05, 0.1) is 5.60 Å². The summed E-state index contributed by atoms with van der Waals surface area (Å²) < 4.78 is 5.27. The Morgan fingerprint density at radius 3 is 2.58 bits per heavy atom. The van der Waals surface area contributed by atoms with Crippen molar-refractivity contribution in [2.45, 2.75) is 37.7 Å². The molecule has 0 aromatic heterocycles. The topological polar surface area (TPSA) is 41.5 Å². The number of hydrogen-bond acceptors (Lipinski definition) is 3. The molecule has 3 nitrogen and oxygen atoms in total. The van der Waals surface area contributed by atoms with Gasteiger partial charge in [-0.3, -0.25) is 0 Å². The Labute approximate surface area is 116 Å². The monoisotopic (exact) mass is 263 g/mol. The van der Waals surface area contributed by atoms with E-state index in [-0.39, 0.29) is 0 Å². The second-order valence-corrected chi connectivity index (χ2v) is 5.46. The molecule has 1 fully saturated rings. The molecular weight excluding hydrogens is 238 g/mol. The molecule has 1 aromatic rings. The summed E-state index contributed by atoms with van der Waals surface area (Å²) in [5, 5.41) is 13.6. The van der Waals surface area contributed by atoms with Crippen LogP contribution in [-0.4, -0.2) is 37.0 Å². The van der Waals surface area contributed by atoms with Gasteiger partial charge in [-0.05, 0) is 31.4 Å². The van der Waals surface area contributed by atoms with Crippen LogP contribution in [0, 0.1) is 0 Å². The van der Waals surface area contributed by atoms with E-state index < -0.39 is 5.60 Å². The van der Waals surface area contributed by atoms with Crippen LogP contribution in [0.15, 0.2) is 30.3 Å². The SMILES string of the molecule is OC1(CNCCCCc2ccccc2)CCOCC1. The molecule has 0 bridgehead atoms. The van der Waals surface area contributed by atoms with Crippen LogP contribution >= 0.6 is 0 Å². The highest BCUT2D eigenvalue weighted by Crippen LogP contribution is 2.19. The number of hydrogen-bond donors (Lipinski definition) is 2. The fraction of sp³-hybridized carbons (Fsp3) is 0.625. The highest BCUT2D eigenvalue weighted by molar-refractivity contribution is 5.14. The minimum absolute atomic E-state index is 0.544. The Hall–Kier alpha value is -0.900. The Kier molecular flexibility index (Phi) is 5.83. The van der Waals surface area contributed by atoms with Crippen LogP contribution in [0.1, 0.15) is 31.2 Å². The summed E-state index contributed by atoms with van der Waals surface area (Å²) in [4.78, 5) is 0. The first-order chi connectivity index (χ1) is 9.29. The number of ether oxygens (including phenoxy) is 1. The van der Waals surface area contributed by atoms with Crippen LogP contribution in [0.3, 0.4) is 0 Å². The lowest BCUT2D eigenvalue weighted by Crippen LogP contribution is -2.45. The zero-order chi connectivity index (χ0) is 13.4. The maximum absolute atomic E-state index is 10.3. The summed E-state index contributed by atoms with van der Waals surface area (Å²) in [5.41, 5.74) is 0.864. The summed E-state index contributed by atoms with van der Waals surface area (Å²) in [5.74, 6) is 0. The normalized spacial score (nSPS) is 18.4. The van der Waals surface area contributed by atoms with Crippen molar-refractivity contribution in [3.8, 4) is 0 Å². The van der Waals surface area contributed by atoms with Gasteiger partial charge in [-0.25, -0.2) is 0 Å². The van der Waals surface area contributed by atoms with Crippen molar-refractivity contribution in [2.75, 3.05) is 26.3 Å². The van der Waals surface area contributed by atoms with Crippen LogP contribution in [0.4, 0.5) is 0 Å². The molecule has 2 rings (SSSR count). The lowest BCUT2D eigenvalue weighted by atomic mass is 9.94. The minimum atomic E-state index is -0.544. The van der Waals surface area contributed by atoms with Crippen molar-refractivity contribution in [2.24, 2.45) is 0 Å². The lowest BCUT2D eigenvalue weighted by molar-refractivity contribution is -0.0614. The van der Waals surface area contributed by atoms with Crippen LogP contribution in [0.5, 0.6) is 0 Å². The van der Waals surface area contributed by atoms with Crippen LogP contribution in [0.2, 0.25) is 0 Å². The van der Waals surface area contributed by atoms with E-state index >= 15 is 0 Å². The number of aryl methyl sites for hydroxylation is 1. The first-order valence-corrected chi connectivity index (χ1v) is 7.33. The summed E-state index contributed by atoms with van der Waals surface area (Å²) >= 11 is 0. The highest BCUT2D eigenvalue weighted by Gasteiger charge is 2.28. The summed E-state index contributed by atoms with van der Waals surface area (Å²) in [6.07, 6.45) is 4.99. The first kappa shape index (κ1) is 14.5. The highest BCUT2D eigenvalue weighted by atomic mass is 16.5. The van der Waals surface area contributed by atoms with Crippen molar-refractivity contribution < 1.29 is 9.84 Å². The van der Waals surface area contributed by atoms with Gasteiger partial charge < -0.3 is 15.2 Å². The predicted molar refractivity (Wildman–Crippen MR) is 77.3 cm³/mol. The van der Waals surface area contributed by atoms with Gasteiger partial charge in [0.1, 0.15) is 0 Å². The van der Waals surface area contributed by atoms with Gasteiger partial charge in [0.15, 0.2) is 0 Å². The van der Waals surface area contributed by atoms with Gasteiger partial charge in [0.2, 0.25) is 0 Å². The van der Waals surface area contributed by atoms with E-state index in [1.54, 1.807) is 0 Å². The van der Waals surface area contributed by atoms with Gasteiger partial charge in [-0.15, -0.1) is 0 Å². The second kappa shape index (κ2) is 7.63.